The van der Waals surface area contributed by atoms with Gasteiger partial charge in [-0.25, -0.2) is 8.78 Å². The molecule has 1 aromatic heterocycles. The van der Waals surface area contributed by atoms with Gasteiger partial charge >= 0.3 is 0 Å². The van der Waals surface area contributed by atoms with Crippen LogP contribution in [0.25, 0.3) is 0 Å². The lowest BCUT2D eigenvalue weighted by molar-refractivity contribution is 0.447. The van der Waals surface area contributed by atoms with Crippen LogP contribution in [0.1, 0.15) is 17.3 Å². The van der Waals surface area contributed by atoms with Gasteiger partial charge in [-0.2, -0.15) is 0 Å². The van der Waals surface area contributed by atoms with Gasteiger partial charge in [-0.1, -0.05) is 12.1 Å². The molecule has 0 saturated carbocycles. The number of nitrogens with one attached hydrogen (secondary N) is 1. The zero-order chi connectivity index (χ0) is 13.0. The summed E-state index contributed by atoms with van der Waals surface area (Å²) in [6.07, 6.45) is 0.700. The molecule has 6 heteroatoms. The number of hydrogen-bond donors (Lipinski definition) is 1. The molecule has 1 N–H and O–H groups in total. The Bertz CT molecular complexity index is 528. The molecule has 18 heavy (non-hydrogen) atoms. The highest BCUT2D eigenvalue weighted by Gasteiger charge is 2.12. The third-order valence-electron chi connectivity index (χ3n) is 2.47. The third-order valence-corrected chi connectivity index (χ3v) is 2.47. The van der Waals surface area contributed by atoms with E-state index in [1.165, 1.54) is 12.1 Å². The van der Waals surface area contributed by atoms with Crippen molar-refractivity contribution in [2.75, 3.05) is 13.6 Å². The molecule has 2 rings (SSSR count). The van der Waals surface area contributed by atoms with Crippen LogP contribution in [0.5, 0.6) is 0 Å². The fraction of sp³-hybridized carbons (Fsp3) is 0.333. The number of hydrogen-bond acceptors (Lipinski definition) is 4. The van der Waals surface area contributed by atoms with E-state index in [0.29, 0.717) is 12.3 Å². The average Bonchev–Trinajstić information content (AvgIpc) is 2.80. The molecule has 0 aliphatic heterocycles. The Morgan fingerprint density at radius 1 is 1.22 bits per heavy atom. The Kier molecular flexibility index (Phi) is 3.99. The molecule has 96 valence electrons. The minimum absolute atomic E-state index is 0.0934. The van der Waals surface area contributed by atoms with Crippen molar-refractivity contribution in [3.63, 3.8) is 0 Å². The Morgan fingerprint density at radius 2 is 2.00 bits per heavy atom. The van der Waals surface area contributed by atoms with Crippen LogP contribution in [0.15, 0.2) is 22.6 Å². The van der Waals surface area contributed by atoms with Gasteiger partial charge in [-0.15, -0.1) is 10.2 Å². The summed E-state index contributed by atoms with van der Waals surface area (Å²) < 4.78 is 31.8. The summed E-state index contributed by atoms with van der Waals surface area (Å²) in [4.78, 5) is 0. The van der Waals surface area contributed by atoms with Crippen LogP contribution >= 0.6 is 0 Å². The second-order valence-electron chi connectivity index (χ2n) is 3.83. The maximum absolute atomic E-state index is 13.4. The van der Waals surface area contributed by atoms with Crippen LogP contribution in [0.2, 0.25) is 0 Å². The standard InChI is InChI=1S/C12H13F2N3O/c1-15-6-5-10-16-17-11(18-10)7-8-3-2-4-9(13)12(8)14/h2-4,15H,5-7H2,1H3. The highest BCUT2D eigenvalue weighted by Crippen LogP contribution is 2.15. The normalized spacial score (nSPS) is 10.8. The lowest BCUT2D eigenvalue weighted by atomic mass is 10.1. The minimum atomic E-state index is -0.873. The van der Waals surface area contributed by atoms with Crippen molar-refractivity contribution in [2.45, 2.75) is 12.8 Å². The molecule has 0 bridgehead atoms. The second-order valence-corrected chi connectivity index (χ2v) is 3.83. The van der Waals surface area contributed by atoms with Gasteiger partial charge < -0.3 is 9.73 Å². The Morgan fingerprint density at radius 3 is 2.78 bits per heavy atom. The van der Waals surface area contributed by atoms with Gasteiger partial charge in [0.15, 0.2) is 11.6 Å². The van der Waals surface area contributed by atoms with E-state index in [9.17, 15) is 8.78 Å². The number of likely N-dealkylation sites (N-methyl/N-ethyl adjacent to an activating group) is 1. The molecule has 0 amide bonds. The summed E-state index contributed by atoms with van der Waals surface area (Å²) in [6.45, 7) is 0.718. The van der Waals surface area contributed by atoms with E-state index in [4.69, 9.17) is 4.42 Å². The number of halogens is 2. The highest BCUT2D eigenvalue weighted by atomic mass is 19.2. The lowest BCUT2D eigenvalue weighted by Crippen LogP contribution is -2.10. The van der Waals surface area contributed by atoms with Gasteiger partial charge in [0.25, 0.3) is 0 Å². The summed E-state index contributed by atoms with van der Waals surface area (Å²) >= 11 is 0. The van der Waals surface area contributed by atoms with Gasteiger partial charge in [0.2, 0.25) is 11.8 Å². The van der Waals surface area contributed by atoms with E-state index in [1.807, 2.05) is 7.05 Å². The molecule has 2 aromatic rings. The van der Waals surface area contributed by atoms with Crippen molar-refractivity contribution in [1.82, 2.24) is 15.5 Å². The minimum Gasteiger partial charge on any atom is -0.425 e. The maximum Gasteiger partial charge on any atom is 0.221 e. The molecule has 0 aliphatic rings. The van der Waals surface area contributed by atoms with Crippen molar-refractivity contribution in [3.8, 4) is 0 Å². The van der Waals surface area contributed by atoms with Crippen LogP contribution in [-0.4, -0.2) is 23.8 Å². The van der Waals surface area contributed by atoms with E-state index in [0.717, 1.165) is 12.6 Å². The fourth-order valence-electron chi connectivity index (χ4n) is 1.54. The van der Waals surface area contributed by atoms with Crippen molar-refractivity contribution in [2.24, 2.45) is 0 Å². The fourth-order valence-corrected chi connectivity index (χ4v) is 1.54. The maximum atomic E-state index is 13.4. The summed E-state index contributed by atoms with van der Waals surface area (Å²) in [6, 6.07) is 4.02. The van der Waals surface area contributed by atoms with Crippen molar-refractivity contribution in [1.29, 1.82) is 0 Å². The quantitative estimate of drug-likeness (QED) is 0.881. The SMILES string of the molecule is CNCCc1nnc(Cc2cccc(F)c2F)o1. The van der Waals surface area contributed by atoms with Crippen LogP contribution in [0.3, 0.4) is 0 Å². The van der Waals surface area contributed by atoms with E-state index in [-0.39, 0.29) is 17.9 Å². The molecular weight excluding hydrogens is 240 g/mol. The van der Waals surface area contributed by atoms with E-state index < -0.39 is 11.6 Å². The van der Waals surface area contributed by atoms with Gasteiger partial charge in [0, 0.05) is 18.5 Å². The van der Waals surface area contributed by atoms with Gasteiger partial charge in [0.05, 0.1) is 6.42 Å². The first-order valence-corrected chi connectivity index (χ1v) is 5.59. The van der Waals surface area contributed by atoms with Crippen LogP contribution in [0, 0.1) is 11.6 Å². The number of benzene rings is 1. The van der Waals surface area contributed by atoms with Gasteiger partial charge in [-0.05, 0) is 13.1 Å². The molecule has 4 nitrogen and oxygen atoms in total. The monoisotopic (exact) mass is 253 g/mol. The molecule has 0 radical (unpaired) electrons. The van der Waals surface area contributed by atoms with Gasteiger partial charge in [-0.3, -0.25) is 0 Å². The topological polar surface area (TPSA) is 51.0 Å². The van der Waals surface area contributed by atoms with E-state index >= 15 is 0 Å². The Labute approximate surface area is 103 Å². The van der Waals surface area contributed by atoms with Crippen molar-refractivity contribution in [3.05, 3.63) is 47.2 Å². The predicted octanol–water partition coefficient (Wildman–Crippen LogP) is 1.70. The smallest absolute Gasteiger partial charge is 0.221 e. The molecular formula is C12H13F2N3O. The van der Waals surface area contributed by atoms with Crippen LogP contribution in [-0.2, 0) is 12.8 Å². The zero-order valence-corrected chi connectivity index (χ0v) is 9.91. The first-order chi connectivity index (χ1) is 8.70. The summed E-state index contributed by atoms with van der Waals surface area (Å²) in [5.74, 6) is -0.975. The summed E-state index contributed by atoms with van der Waals surface area (Å²) in [5, 5.41) is 10.6. The molecule has 0 saturated heterocycles. The van der Waals surface area contributed by atoms with Crippen LogP contribution in [0.4, 0.5) is 8.78 Å². The van der Waals surface area contributed by atoms with Crippen LogP contribution < -0.4 is 5.32 Å². The first kappa shape index (κ1) is 12.6. The van der Waals surface area contributed by atoms with Gasteiger partial charge in [0.1, 0.15) is 0 Å². The summed E-state index contributed by atoms with van der Waals surface area (Å²) in [7, 11) is 1.82. The molecule has 1 heterocycles. The van der Waals surface area contributed by atoms with E-state index in [2.05, 4.69) is 15.5 Å². The predicted molar refractivity (Wildman–Crippen MR) is 61.1 cm³/mol. The highest BCUT2D eigenvalue weighted by molar-refractivity contribution is 5.21. The summed E-state index contributed by atoms with van der Waals surface area (Å²) in [5.41, 5.74) is 0.207. The lowest BCUT2D eigenvalue weighted by Gasteiger charge is -2.00. The number of rotatable bonds is 5. The molecule has 0 fully saturated rings. The Hall–Kier alpha value is -1.82. The molecule has 1 aromatic carbocycles. The number of aromatic nitrogens is 2. The Balaban J connectivity index is 2.09. The van der Waals surface area contributed by atoms with Crippen molar-refractivity contribution < 1.29 is 13.2 Å². The molecule has 0 spiro atoms. The second kappa shape index (κ2) is 5.68. The molecule has 0 aliphatic carbocycles. The first-order valence-electron chi connectivity index (χ1n) is 5.59. The number of nitrogens with zero attached hydrogens (tertiary/aromatic N) is 2. The zero-order valence-electron chi connectivity index (χ0n) is 9.91. The molecule has 0 unspecified atom stereocenters. The van der Waals surface area contributed by atoms with Crippen molar-refractivity contribution >= 4 is 0 Å². The largest absolute Gasteiger partial charge is 0.425 e. The average molecular weight is 253 g/mol. The van der Waals surface area contributed by atoms with E-state index in [1.54, 1.807) is 0 Å². The molecule has 0 atom stereocenters. The third kappa shape index (κ3) is 2.89.